The van der Waals surface area contributed by atoms with Gasteiger partial charge in [-0.2, -0.15) is 0 Å². The van der Waals surface area contributed by atoms with Crippen LogP contribution in [0.25, 0.3) is 6.08 Å². The average Bonchev–Trinajstić information content (AvgIpc) is 3.75. The fraction of sp³-hybridized carbons (Fsp3) is 0.633. The quantitative estimate of drug-likeness (QED) is 0.0656. The van der Waals surface area contributed by atoms with Crippen LogP contribution < -0.4 is 0 Å². The van der Waals surface area contributed by atoms with Crippen LogP contribution in [-0.2, 0) is 38.0 Å². The Labute approximate surface area is 267 Å². The molecular weight excluding hydrogens is 632 g/mol. The van der Waals surface area contributed by atoms with Crippen molar-refractivity contribution in [3.63, 3.8) is 0 Å². The van der Waals surface area contributed by atoms with Crippen LogP contribution in [0, 0.1) is 11.8 Å². The molecule has 0 spiro atoms. The molecule has 1 saturated carbocycles. The van der Waals surface area contributed by atoms with Crippen LogP contribution in [0.1, 0.15) is 5.56 Å². The van der Waals surface area contributed by atoms with Crippen LogP contribution in [0.2, 0.25) is 0 Å². The van der Waals surface area contributed by atoms with Gasteiger partial charge in [0.15, 0.2) is 12.6 Å². The number of phenolic OH excluding ortho intramolecular Hbond substituents is 1. The Bertz CT molecular complexity index is 1310. The number of epoxide rings is 1. The minimum absolute atomic E-state index is 0.0739. The van der Waals surface area contributed by atoms with Gasteiger partial charge >= 0.3 is 5.97 Å². The summed E-state index contributed by atoms with van der Waals surface area (Å²) in [6.07, 6.45) is -13.3. The van der Waals surface area contributed by atoms with E-state index >= 15 is 0 Å². The number of aliphatic hydroxyl groups is 8. The number of esters is 1. The van der Waals surface area contributed by atoms with Crippen molar-refractivity contribution in [2.24, 2.45) is 11.8 Å². The minimum Gasteiger partial charge on any atom is -0.508 e. The Kier molecular flexibility index (Phi) is 9.90. The molecule has 4 aliphatic heterocycles. The minimum atomic E-state index is -1.80. The van der Waals surface area contributed by atoms with Gasteiger partial charge in [-0.05, 0) is 29.8 Å². The van der Waals surface area contributed by atoms with Gasteiger partial charge in [0.2, 0.25) is 6.29 Å². The largest absolute Gasteiger partial charge is 0.508 e. The van der Waals surface area contributed by atoms with Crippen molar-refractivity contribution in [3.8, 4) is 5.75 Å². The van der Waals surface area contributed by atoms with Gasteiger partial charge in [-0.15, -0.1) is 0 Å². The first-order valence-electron chi connectivity index (χ1n) is 15.0. The zero-order valence-electron chi connectivity index (χ0n) is 24.7. The van der Waals surface area contributed by atoms with Crippen molar-refractivity contribution in [2.75, 3.05) is 19.8 Å². The maximum absolute atomic E-state index is 12.7. The number of aromatic hydroxyl groups is 1. The molecule has 6 rings (SSSR count). The van der Waals surface area contributed by atoms with Crippen molar-refractivity contribution in [1.29, 1.82) is 0 Å². The third kappa shape index (κ3) is 6.40. The van der Waals surface area contributed by atoms with E-state index in [1.165, 1.54) is 30.5 Å². The summed E-state index contributed by atoms with van der Waals surface area (Å²) < 4.78 is 39.7. The smallest absolute Gasteiger partial charge is 0.331 e. The summed E-state index contributed by atoms with van der Waals surface area (Å²) in [7, 11) is 0. The van der Waals surface area contributed by atoms with Crippen LogP contribution >= 0.6 is 0 Å². The predicted octanol–water partition coefficient (Wildman–Crippen LogP) is -3.80. The lowest BCUT2D eigenvalue weighted by molar-refractivity contribution is -0.355. The fourth-order valence-corrected chi connectivity index (χ4v) is 6.59. The van der Waals surface area contributed by atoms with Gasteiger partial charge in [0, 0.05) is 12.0 Å². The second kappa shape index (κ2) is 13.6. The van der Waals surface area contributed by atoms with Gasteiger partial charge in [0.05, 0.1) is 32.0 Å². The maximum Gasteiger partial charge on any atom is 0.331 e. The number of carbonyl (C=O) groups excluding carboxylic acids is 1. The summed E-state index contributed by atoms with van der Waals surface area (Å²) in [5, 5.41) is 91.3. The molecule has 9 N–H and O–H groups in total. The second-order valence-corrected chi connectivity index (χ2v) is 12.1. The van der Waals surface area contributed by atoms with E-state index in [1.54, 1.807) is 18.2 Å². The third-order valence-electron chi connectivity index (χ3n) is 9.25. The normalized spacial score (nSPS) is 45.7. The Morgan fingerprint density at radius 1 is 0.851 bits per heavy atom. The van der Waals surface area contributed by atoms with E-state index < -0.39 is 123 Å². The van der Waals surface area contributed by atoms with Gasteiger partial charge in [0.25, 0.3) is 0 Å². The summed E-state index contributed by atoms with van der Waals surface area (Å²) in [5.74, 6) is -1.95. The van der Waals surface area contributed by atoms with Gasteiger partial charge < -0.3 is 79.1 Å². The fourth-order valence-electron chi connectivity index (χ4n) is 6.59. The van der Waals surface area contributed by atoms with Crippen molar-refractivity contribution < 1.29 is 83.9 Å². The van der Waals surface area contributed by atoms with E-state index in [2.05, 4.69) is 0 Å². The second-order valence-electron chi connectivity index (χ2n) is 12.1. The highest BCUT2D eigenvalue weighted by Gasteiger charge is 2.77. The zero-order valence-corrected chi connectivity index (χ0v) is 24.7. The van der Waals surface area contributed by atoms with Crippen molar-refractivity contribution in [2.45, 2.75) is 85.5 Å². The Hall–Kier alpha value is -2.75. The molecule has 3 saturated heterocycles. The number of phenols is 1. The maximum atomic E-state index is 12.7. The van der Waals surface area contributed by atoms with E-state index in [0.717, 1.165) is 0 Å². The molecule has 4 heterocycles. The molecule has 1 aliphatic carbocycles. The first-order valence-corrected chi connectivity index (χ1v) is 15.0. The number of hydrogen-bond donors (Lipinski definition) is 9. The molecule has 1 aromatic rings. The van der Waals surface area contributed by atoms with Crippen LogP contribution in [0.3, 0.4) is 0 Å². The Morgan fingerprint density at radius 3 is 2.19 bits per heavy atom. The first kappa shape index (κ1) is 34.1. The first-order chi connectivity index (χ1) is 22.5. The third-order valence-corrected chi connectivity index (χ3v) is 9.25. The summed E-state index contributed by atoms with van der Waals surface area (Å²) in [5.41, 5.74) is -0.583. The molecule has 0 amide bonds. The Morgan fingerprint density at radius 2 is 1.51 bits per heavy atom. The van der Waals surface area contributed by atoms with E-state index in [9.17, 15) is 50.8 Å². The van der Waals surface area contributed by atoms with Gasteiger partial charge in [-0.1, -0.05) is 12.1 Å². The summed E-state index contributed by atoms with van der Waals surface area (Å²) >= 11 is 0. The monoisotopic (exact) mass is 670 g/mol. The molecule has 0 radical (unpaired) electrons. The van der Waals surface area contributed by atoms with Gasteiger partial charge in [-0.25, -0.2) is 4.79 Å². The molecule has 0 bridgehead atoms. The summed E-state index contributed by atoms with van der Waals surface area (Å²) in [4.78, 5) is 12.7. The number of ether oxygens (including phenoxy) is 7. The van der Waals surface area contributed by atoms with Crippen molar-refractivity contribution >= 4 is 12.0 Å². The molecule has 16 atom stereocenters. The molecule has 4 fully saturated rings. The van der Waals surface area contributed by atoms with Crippen LogP contribution in [0.5, 0.6) is 5.75 Å². The molecule has 5 aliphatic rings. The number of carbonyl (C=O) groups is 1. The van der Waals surface area contributed by atoms with Crippen molar-refractivity contribution in [3.05, 3.63) is 48.2 Å². The lowest BCUT2D eigenvalue weighted by Gasteiger charge is -2.44. The highest BCUT2D eigenvalue weighted by atomic mass is 16.8. The summed E-state index contributed by atoms with van der Waals surface area (Å²) in [6, 6.07) is 6.15. The highest BCUT2D eigenvalue weighted by molar-refractivity contribution is 5.87. The number of rotatable bonds is 10. The molecule has 1 aromatic carbocycles. The number of aliphatic hydroxyl groups excluding tert-OH is 8. The van der Waals surface area contributed by atoms with Crippen LogP contribution in [0.4, 0.5) is 0 Å². The zero-order chi connectivity index (χ0) is 33.6. The van der Waals surface area contributed by atoms with Gasteiger partial charge in [0.1, 0.15) is 72.4 Å². The van der Waals surface area contributed by atoms with Gasteiger partial charge in [-0.3, -0.25) is 0 Å². The Balaban J connectivity index is 1.11. The van der Waals surface area contributed by atoms with E-state index in [1.807, 2.05) is 0 Å². The molecule has 0 aromatic heterocycles. The lowest BCUT2D eigenvalue weighted by atomic mass is 9.85. The molecule has 260 valence electrons. The van der Waals surface area contributed by atoms with Crippen LogP contribution in [-0.4, -0.2) is 157 Å². The van der Waals surface area contributed by atoms with E-state index in [-0.39, 0.29) is 5.75 Å². The standard InChI is InChI=1S/C30H38O17/c31-9-15-19(35)21(37)23(39)28(43-15)42-10-16-20(36)22(38)24(40)29(44-16)46-27-18-14(7-8-41-27)25(26-30(18,11-32)47-26)45-17(34)6-3-12-1-4-13(33)5-2-12/h1-8,14-16,18-29,31-33,35-40H,9-11H2/b6-3+/t14-,15-,16-,18-,19+,20-,21+,22+,23-,24-,25+,26+,27+,28-,29+,30-/m1/s1. The number of benzene rings is 1. The topological polar surface area (TPSA) is 267 Å². The molecule has 17 heteroatoms. The molecule has 17 nitrogen and oxygen atoms in total. The highest BCUT2D eigenvalue weighted by Crippen LogP contribution is 2.60. The molecule has 0 unspecified atom stereocenters. The van der Waals surface area contributed by atoms with Crippen LogP contribution in [0.15, 0.2) is 42.7 Å². The molecular formula is C30H38O17. The average molecular weight is 671 g/mol. The SMILES string of the molecule is O=C(/C=C/c1ccc(O)cc1)O[C@H]1[C@@H]2C=CO[C@@H](O[C@@H]3O[C@H](CO[C@@H]4O[C@H](CO)[C@H](O)[C@H](O)[C@H]4O)[C@@H](O)[C@H](O)[C@H]3O)[C@@H]2[C@@]2(CO)O[C@@H]12. The number of hydrogen-bond acceptors (Lipinski definition) is 17. The number of fused-ring (bicyclic) bond motifs is 3. The van der Waals surface area contributed by atoms with Crippen molar-refractivity contribution in [1.82, 2.24) is 0 Å². The van der Waals surface area contributed by atoms with E-state index in [0.29, 0.717) is 5.56 Å². The predicted molar refractivity (Wildman–Crippen MR) is 150 cm³/mol. The van der Waals surface area contributed by atoms with E-state index in [4.69, 9.17) is 33.2 Å². The summed E-state index contributed by atoms with van der Waals surface area (Å²) in [6.45, 7) is -1.74. The molecule has 47 heavy (non-hydrogen) atoms. The lowest BCUT2D eigenvalue weighted by Crippen LogP contribution is -2.62.